The minimum Gasteiger partial charge on any atom is -0.481 e. The van der Waals surface area contributed by atoms with E-state index in [4.69, 9.17) is 23.2 Å². The number of aromatic nitrogens is 2. The van der Waals surface area contributed by atoms with E-state index in [2.05, 4.69) is 20.6 Å². The minimum absolute atomic E-state index is 0.280. The second-order valence-corrected chi connectivity index (χ2v) is 8.23. The highest BCUT2D eigenvalue weighted by atomic mass is 35.5. The molecule has 2 atom stereocenters. The van der Waals surface area contributed by atoms with Crippen LogP contribution in [0.3, 0.4) is 0 Å². The third-order valence-electron chi connectivity index (χ3n) is 5.14. The Hall–Kier alpha value is -2.51. The highest BCUT2D eigenvalue weighted by Gasteiger charge is 2.30. The molecule has 2 heterocycles. The predicted octanol–water partition coefficient (Wildman–Crippen LogP) is 4.19. The first-order valence-electron chi connectivity index (χ1n) is 10.5. The predicted molar refractivity (Wildman–Crippen MR) is 127 cm³/mol. The Morgan fingerprint density at radius 1 is 0.938 bits per heavy atom. The van der Waals surface area contributed by atoms with Crippen molar-refractivity contribution in [3.05, 3.63) is 94.0 Å². The van der Waals surface area contributed by atoms with Gasteiger partial charge in [-0.25, -0.2) is 0 Å². The first-order valence-corrected chi connectivity index (χ1v) is 11.2. The van der Waals surface area contributed by atoms with Crippen molar-refractivity contribution < 1.29 is 9.90 Å². The molecule has 3 aromatic rings. The van der Waals surface area contributed by atoms with Crippen molar-refractivity contribution in [3.63, 3.8) is 0 Å². The lowest BCUT2D eigenvalue weighted by Gasteiger charge is -2.27. The van der Waals surface area contributed by atoms with Crippen LogP contribution in [0.1, 0.15) is 23.0 Å². The van der Waals surface area contributed by atoms with E-state index in [1.165, 1.54) is 0 Å². The van der Waals surface area contributed by atoms with Crippen LogP contribution in [0.15, 0.2) is 67.0 Å². The molecule has 0 saturated heterocycles. The second-order valence-electron chi connectivity index (χ2n) is 7.39. The van der Waals surface area contributed by atoms with E-state index in [1.807, 2.05) is 36.4 Å². The molecule has 8 heteroatoms. The van der Waals surface area contributed by atoms with Crippen LogP contribution < -0.4 is 10.6 Å². The number of aliphatic carboxylic acids is 1. The molecular weight excluding hydrogens is 447 g/mol. The molecule has 168 valence electrons. The molecule has 0 aliphatic heterocycles. The number of halogens is 2. The summed E-state index contributed by atoms with van der Waals surface area (Å²) in [5.41, 5.74) is 2.59. The van der Waals surface area contributed by atoms with Gasteiger partial charge in [-0.05, 0) is 42.0 Å². The molecular formula is C24H26Cl2N4O2. The number of benzene rings is 1. The molecule has 0 aliphatic carbocycles. The summed E-state index contributed by atoms with van der Waals surface area (Å²) >= 11 is 12.5. The number of hydrogen-bond acceptors (Lipinski definition) is 5. The van der Waals surface area contributed by atoms with Gasteiger partial charge in [-0.15, -0.1) is 0 Å². The Balaban J connectivity index is 1.69. The molecule has 0 radical (unpaired) electrons. The van der Waals surface area contributed by atoms with Gasteiger partial charge >= 0.3 is 5.97 Å². The number of hydrogen-bond donors (Lipinski definition) is 3. The van der Waals surface area contributed by atoms with Crippen molar-refractivity contribution in [1.29, 1.82) is 0 Å². The highest BCUT2D eigenvalue weighted by molar-refractivity contribution is 6.35. The van der Waals surface area contributed by atoms with Crippen LogP contribution in [-0.2, 0) is 17.6 Å². The molecule has 0 spiro atoms. The van der Waals surface area contributed by atoms with E-state index in [0.29, 0.717) is 41.5 Å². The van der Waals surface area contributed by atoms with Gasteiger partial charge in [0.2, 0.25) is 0 Å². The van der Waals surface area contributed by atoms with Crippen molar-refractivity contribution in [2.24, 2.45) is 5.92 Å². The molecule has 0 amide bonds. The summed E-state index contributed by atoms with van der Waals surface area (Å²) in [5, 5.41) is 17.6. The van der Waals surface area contributed by atoms with Crippen molar-refractivity contribution >= 4 is 29.2 Å². The van der Waals surface area contributed by atoms with Crippen LogP contribution in [0, 0.1) is 5.92 Å². The zero-order chi connectivity index (χ0) is 22.8. The fourth-order valence-corrected chi connectivity index (χ4v) is 4.02. The third-order valence-corrected chi connectivity index (χ3v) is 5.70. The van der Waals surface area contributed by atoms with Gasteiger partial charge in [0, 0.05) is 72.3 Å². The molecule has 3 N–H and O–H groups in total. The van der Waals surface area contributed by atoms with E-state index in [-0.39, 0.29) is 6.54 Å². The lowest BCUT2D eigenvalue weighted by molar-refractivity contribution is -0.142. The molecule has 0 aliphatic rings. The highest BCUT2D eigenvalue weighted by Crippen LogP contribution is 2.31. The second kappa shape index (κ2) is 12.5. The van der Waals surface area contributed by atoms with Crippen molar-refractivity contribution in [2.45, 2.75) is 18.9 Å². The van der Waals surface area contributed by atoms with Crippen LogP contribution in [0.25, 0.3) is 0 Å². The maximum absolute atomic E-state index is 12.2. The Kier molecular flexibility index (Phi) is 9.43. The molecule has 0 fully saturated rings. The Bertz CT molecular complexity index is 990. The quantitative estimate of drug-likeness (QED) is 0.342. The summed E-state index contributed by atoms with van der Waals surface area (Å²) in [6.45, 7) is 1.45. The molecule has 1 aromatic carbocycles. The lowest BCUT2D eigenvalue weighted by atomic mass is 9.92. The van der Waals surface area contributed by atoms with Gasteiger partial charge in [-0.1, -0.05) is 41.4 Å². The van der Waals surface area contributed by atoms with Crippen molar-refractivity contribution in [3.8, 4) is 0 Å². The fourth-order valence-electron chi connectivity index (χ4n) is 3.49. The van der Waals surface area contributed by atoms with Gasteiger partial charge in [-0.2, -0.15) is 0 Å². The summed E-state index contributed by atoms with van der Waals surface area (Å²) in [7, 11) is 0. The molecule has 2 unspecified atom stereocenters. The lowest BCUT2D eigenvalue weighted by Crippen LogP contribution is -2.40. The van der Waals surface area contributed by atoms with Gasteiger partial charge < -0.3 is 15.7 Å². The molecule has 2 aromatic heterocycles. The number of rotatable bonds is 12. The number of nitrogens with zero attached hydrogens (tertiary/aromatic N) is 2. The van der Waals surface area contributed by atoms with Crippen LogP contribution in [0.4, 0.5) is 0 Å². The van der Waals surface area contributed by atoms with Crippen molar-refractivity contribution in [2.75, 3.05) is 19.6 Å². The number of carbonyl (C=O) groups is 1. The van der Waals surface area contributed by atoms with Crippen LogP contribution in [0.2, 0.25) is 10.0 Å². The summed E-state index contributed by atoms with van der Waals surface area (Å²) in [5.74, 6) is -1.64. The zero-order valence-electron chi connectivity index (χ0n) is 17.5. The minimum atomic E-state index is -0.906. The smallest absolute Gasteiger partial charge is 0.309 e. The summed E-state index contributed by atoms with van der Waals surface area (Å²) in [6, 6.07) is 16.2. The molecule has 6 nitrogen and oxygen atoms in total. The first-order chi connectivity index (χ1) is 15.5. The average Bonchev–Trinajstić information content (AvgIpc) is 2.79. The van der Waals surface area contributed by atoms with E-state index in [1.54, 1.807) is 30.6 Å². The Labute approximate surface area is 198 Å². The van der Waals surface area contributed by atoms with Gasteiger partial charge in [0.1, 0.15) is 0 Å². The monoisotopic (exact) mass is 472 g/mol. The third kappa shape index (κ3) is 7.28. The molecule has 32 heavy (non-hydrogen) atoms. The topological polar surface area (TPSA) is 87.1 Å². The number of pyridine rings is 2. The fraction of sp³-hybridized carbons (Fsp3) is 0.292. The maximum Gasteiger partial charge on any atom is 0.309 e. The maximum atomic E-state index is 12.2. The number of carboxylic acid groups (broad SMARTS) is 1. The largest absolute Gasteiger partial charge is 0.481 e. The molecule has 3 rings (SSSR count). The standard InChI is InChI=1S/C24H26Cl2N4O2/c25-17-7-8-20(22(26)15-17)23(30-14-10-19-6-2-4-12-29-19)21(24(31)32)16-27-13-9-18-5-1-3-11-28-18/h1-8,11-12,15,21,23,27,30H,9-10,13-14,16H2,(H,31,32). The normalized spacial score (nSPS) is 12.9. The van der Waals surface area contributed by atoms with Gasteiger partial charge in [0.05, 0.1) is 5.92 Å². The van der Waals surface area contributed by atoms with Crippen molar-refractivity contribution in [1.82, 2.24) is 20.6 Å². The van der Waals surface area contributed by atoms with E-state index in [9.17, 15) is 9.90 Å². The van der Waals surface area contributed by atoms with E-state index >= 15 is 0 Å². The number of carboxylic acids is 1. The SMILES string of the molecule is O=C(O)C(CNCCc1ccccn1)C(NCCc1ccccn1)c1ccc(Cl)cc1Cl. The van der Waals surface area contributed by atoms with E-state index < -0.39 is 17.9 Å². The first kappa shape index (κ1) is 24.1. The Morgan fingerprint density at radius 2 is 1.59 bits per heavy atom. The molecule has 0 bridgehead atoms. The molecule has 0 saturated carbocycles. The van der Waals surface area contributed by atoms with Gasteiger partial charge in [0.15, 0.2) is 0 Å². The summed E-state index contributed by atoms with van der Waals surface area (Å²) in [6.07, 6.45) is 4.88. The summed E-state index contributed by atoms with van der Waals surface area (Å²) in [4.78, 5) is 20.8. The Morgan fingerprint density at radius 3 is 2.16 bits per heavy atom. The van der Waals surface area contributed by atoms with Crippen LogP contribution >= 0.6 is 23.2 Å². The zero-order valence-corrected chi connectivity index (χ0v) is 19.1. The van der Waals surface area contributed by atoms with E-state index in [0.717, 1.165) is 11.4 Å². The van der Waals surface area contributed by atoms with Crippen LogP contribution in [-0.4, -0.2) is 40.7 Å². The van der Waals surface area contributed by atoms with Gasteiger partial charge in [0.25, 0.3) is 0 Å². The number of nitrogens with one attached hydrogen (secondary N) is 2. The van der Waals surface area contributed by atoms with Crippen LogP contribution in [0.5, 0.6) is 0 Å². The average molecular weight is 473 g/mol. The van der Waals surface area contributed by atoms with Gasteiger partial charge in [-0.3, -0.25) is 14.8 Å². The summed E-state index contributed by atoms with van der Waals surface area (Å²) < 4.78 is 0.